The van der Waals surface area contributed by atoms with E-state index in [-0.39, 0.29) is 32.5 Å². The van der Waals surface area contributed by atoms with Crippen LogP contribution in [0.3, 0.4) is 0 Å². The van der Waals surface area contributed by atoms with Crippen molar-refractivity contribution in [3.63, 3.8) is 0 Å². The van der Waals surface area contributed by atoms with Crippen LogP contribution in [-0.2, 0) is 35.5 Å². The van der Waals surface area contributed by atoms with E-state index in [0.29, 0.717) is 11.5 Å². The number of phenols is 2. The molecule has 1 aliphatic rings. The maximum absolute atomic E-state index is 12.5. The molecule has 1 unspecified atom stereocenters. The average Bonchev–Trinajstić information content (AvgIpc) is 3.02. The summed E-state index contributed by atoms with van der Waals surface area (Å²) >= 11 is 0. The number of phenolic OH excluding ortho intramolecular Hbond substituents is 2. The second-order valence-electron chi connectivity index (χ2n) is 23.8. The SMILES string of the molecule is Cc1c(CC2=CC(C(C)(C)C)(C(C)(C)C)C(O)C(C(C)(C)C)=C2)c(C)c(Cc2cc(C(C)(C)C)c(O)c(C(C)(C)C)c2)c(C)c1Cc1ccc(O)c(C(C)(C)C)c1. The first-order valence-corrected chi connectivity index (χ1v) is 21.5. The van der Waals surface area contributed by atoms with E-state index in [1.807, 2.05) is 6.07 Å². The predicted molar refractivity (Wildman–Crippen MR) is 245 cm³/mol. The fraction of sp³-hybridized carbons (Fsp3) is 0.593. The second-order valence-corrected chi connectivity index (χ2v) is 23.8. The Hall–Kier alpha value is -3.30. The van der Waals surface area contributed by atoms with Crippen LogP contribution in [0.2, 0.25) is 0 Å². The third-order valence-electron chi connectivity index (χ3n) is 13.3. The Balaban J connectivity index is 2.09. The van der Waals surface area contributed by atoms with Gasteiger partial charge in [0.1, 0.15) is 11.5 Å². The topological polar surface area (TPSA) is 60.7 Å². The number of aliphatic hydroxyl groups is 1. The van der Waals surface area contributed by atoms with Crippen molar-refractivity contribution in [3.05, 3.63) is 115 Å². The van der Waals surface area contributed by atoms with Crippen LogP contribution in [0.15, 0.2) is 53.6 Å². The monoisotopic (exact) mass is 777 g/mol. The molecule has 0 saturated heterocycles. The smallest absolute Gasteiger partial charge is 0.123 e. The molecule has 3 aromatic rings. The van der Waals surface area contributed by atoms with Gasteiger partial charge in [0.25, 0.3) is 0 Å². The maximum Gasteiger partial charge on any atom is 0.123 e. The minimum absolute atomic E-state index is 0.191. The van der Waals surface area contributed by atoms with Gasteiger partial charge in [-0.3, -0.25) is 0 Å². The lowest BCUT2D eigenvalue weighted by atomic mass is 9.47. The van der Waals surface area contributed by atoms with Crippen molar-refractivity contribution < 1.29 is 15.3 Å². The van der Waals surface area contributed by atoms with Crippen molar-refractivity contribution in [1.29, 1.82) is 0 Å². The lowest BCUT2D eigenvalue weighted by Crippen LogP contribution is -2.56. The van der Waals surface area contributed by atoms with Gasteiger partial charge in [0, 0.05) is 5.41 Å². The van der Waals surface area contributed by atoms with E-state index in [2.05, 4.69) is 182 Å². The van der Waals surface area contributed by atoms with Gasteiger partial charge in [0.05, 0.1) is 6.10 Å². The third kappa shape index (κ3) is 9.00. The molecule has 3 heteroatoms. The van der Waals surface area contributed by atoms with Crippen molar-refractivity contribution in [1.82, 2.24) is 0 Å². The lowest BCUT2D eigenvalue weighted by Gasteiger charge is -2.58. The molecule has 57 heavy (non-hydrogen) atoms. The molecule has 0 heterocycles. The van der Waals surface area contributed by atoms with Crippen LogP contribution < -0.4 is 0 Å². The molecule has 4 rings (SSSR count). The first kappa shape index (κ1) is 46.4. The van der Waals surface area contributed by atoms with E-state index in [0.717, 1.165) is 41.5 Å². The van der Waals surface area contributed by atoms with Gasteiger partial charge in [0.15, 0.2) is 0 Å². The summed E-state index contributed by atoms with van der Waals surface area (Å²) in [7, 11) is 0. The molecule has 0 amide bonds. The number of aliphatic hydroxyl groups excluding tert-OH is 1. The summed E-state index contributed by atoms with van der Waals surface area (Å²) in [5.41, 5.74) is 13.8. The van der Waals surface area contributed by atoms with Gasteiger partial charge in [-0.15, -0.1) is 0 Å². The molecular weight excluding hydrogens is 697 g/mol. The molecule has 3 aromatic carbocycles. The molecule has 0 fully saturated rings. The van der Waals surface area contributed by atoms with E-state index < -0.39 is 11.5 Å². The molecule has 0 aromatic heterocycles. The van der Waals surface area contributed by atoms with Crippen molar-refractivity contribution >= 4 is 0 Å². The Morgan fingerprint density at radius 2 is 0.895 bits per heavy atom. The van der Waals surface area contributed by atoms with Gasteiger partial charge in [-0.2, -0.15) is 0 Å². The Morgan fingerprint density at radius 1 is 0.509 bits per heavy atom. The van der Waals surface area contributed by atoms with Crippen LogP contribution >= 0.6 is 0 Å². The minimum atomic E-state index is -0.609. The zero-order valence-electron chi connectivity index (χ0n) is 40.1. The van der Waals surface area contributed by atoms with Gasteiger partial charge in [-0.25, -0.2) is 0 Å². The normalized spacial score (nSPS) is 17.1. The van der Waals surface area contributed by atoms with Crippen LogP contribution in [-0.4, -0.2) is 21.4 Å². The second kappa shape index (κ2) is 15.1. The molecule has 0 bridgehead atoms. The van der Waals surface area contributed by atoms with Gasteiger partial charge in [-0.05, 0) is 151 Å². The van der Waals surface area contributed by atoms with E-state index in [1.165, 1.54) is 50.1 Å². The van der Waals surface area contributed by atoms with E-state index in [1.54, 1.807) is 0 Å². The highest BCUT2D eigenvalue weighted by Gasteiger charge is 2.57. The van der Waals surface area contributed by atoms with Crippen molar-refractivity contribution in [2.45, 2.75) is 187 Å². The molecular formula is C54H80O3. The van der Waals surface area contributed by atoms with E-state index in [4.69, 9.17) is 0 Å². The predicted octanol–water partition coefficient (Wildman–Crippen LogP) is 14.0. The van der Waals surface area contributed by atoms with Crippen LogP contribution in [0, 0.1) is 42.4 Å². The quantitative estimate of drug-likeness (QED) is 0.234. The fourth-order valence-electron chi connectivity index (χ4n) is 10.1. The zero-order valence-corrected chi connectivity index (χ0v) is 40.1. The largest absolute Gasteiger partial charge is 0.508 e. The summed E-state index contributed by atoms with van der Waals surface area (Å²) < 4.78 is 0. The number of allylic oxidation sites excluding steroid dienone is 2. The Labute approximate surface area is 349 Å². The highest BCUT2D eigenvalue weighted by atomic mass is 16.3. The molecule has 1 aliphatic carbocycles. The third-order valence-corrected chi connectivity index (χ3v) is 13.3. The van der Waals surface area contributed by atoms with Gasteiger partial charge in [-0.1, -0.05) is 161 Å². The average molecular weight is 777 g/mol. The van der Waals surface area contributed by atoms with Gasteiger partial charge in [0.2, 0.25) is 0 Å². The number of hydrogen-bond acceptors (Lipinski definition) is 3. The highest BCUT2D eigenvalue weighted by Crippen LogP contribution is 2.60. The Morgan fingerprint density at radius 3 is 1.28 bits per heavy atom. The zero-order chi connectivity index (χ0) is 43.8. The Bertz CT molecular complexity index is 2010. The number of rotatable bonds is 6. The van der Waals surface area contributed by atoms with Gasteiger partial charge >= 0.3 is 0 Å². The molecule has 314 valence electrons. The fourth-order valence-corrected chi connectivity index (χ4v) is 10.1. The number of aromatic hydroxyl groups is 2. The summed E-state index contributed by atoms with van der Waals surface area (Å²) in [6.07, 6.45) is 6.43. The van der Waals surface area contributed by atoms with E-state index >= 15 is 0 Å². The molecule has 3 nitrogen and oxygen atoms in total. The standard InChI is InChI=1S/C54H80O3/c1-32-38(24-35-22-23-45(55)41(27-35)48(4,5)6)33(2)40(26-37-30-44(51(13,14)15)47(57)54(31-37,52(16,17)18)53(19,20)21)34(3)39(32)25-36-28-42(49(7,8)9)46(56)43(29-36)50(10,11)12/h22-23,27-31,47,55-57H,24-26H2,1-21H3. The first-order chi connectivity index (χ1) is 25.5. The molecule has 0 saturated carbocycles. The number of benzene rings is 3. The minimum Gasteiger partial charge on any atom is -0.508 e. The van der Waals surface area contributed by atoms with Crippen LogP contribution in [0.5, 0.6) is 11.5 Å². The highest BCUT2D eigenvalue weighted by molar-refractivity contribution is 5.58. The summed E-state index contributed by atoms with van der Waals surface area (Å²) in [5, 5.41) is 35.0. The lowest BCUT2D eigenvalue weighted by molar-refractivity contribution is -0.0823. The van der Waals surface area contributed by atoms with Crippen molar-refractivity contribution in [2.24, 2.45) is 21.7 Å². The van der Waals surface area contributed by atoms with Crippen LogP contribution in [0.1, 0.15) is 186 Å². The summed E-state index contributed by atoms with van der Waals surface area (Å²) in [6.45, 7) is 46.9. The van der Waals surface area contributed by atoms with Crippen molar-refractivity contribution in [2.75, 3.05) is 0 Å². The van der Waals surface area contributed by atoms with E-state index in [9.17, 15) is 15.3 Å². The van der Waals surface area contributed by atoms with Crippen molar-refractivity contribution in [3.8, 4) is 11.5 Å². The van der Waals surface area contributed by atoms with Crippen LogP contribution in [0.25, 0.3) is 0 Å². The molecule has 1 atom stereocenters. The number of hydrogen-bond donors (Lipinski definition) is 3. The van der Waals surface area contributed by atoms with Gasteiger partial charge < -0.3 is 15.3 Å². The summed E-state index contributed by atoms with van der Waals surface area (Å²) in [6, 6.07) is 10.6. The molecule has 3 N–H and O–H groups in total. The molecule has 0 radical (unpaired) electrons. The van der Waals surface area contributed by atoms with Crippen LogP contribution in [0.4, 0.5) is 0 Å². The molecule has 0 spiro atoms. The Kier molecular flexibility index (Phi) is 12.3. The first-order valence-electron chi connectivity index (χ1n) is 21.5. The molecule has 0 aliphatic heterocycles. The maximum atomic E-state index is 12.5. The summed E-state index contributed by atoms with van der Waals surface area (Å²) in [5.74, 6) is 0.754. The summed E-state index contributed by atoms with van der Waals surface area (Å²) in [4.78, 5) is 0.